The summed E-state index contributed by atoms with van der Waals surface area (Å²) >= 11 is 1.65. The van der Waals surface area contributed by atoms with Gasteiger partial charge in [-0.1, -0.05) is 17.7 Å². The Hall–Kier alpha value is -2.21. The molecule has 1 aromatic carbocycles. The third kappa shape index (κ3) is 5.67. The molecule has 0 saturated carbocycles. The molecule has 1 atom stereocenters. The number of furan rings is 1. The predicted molar refractivity (Wildman–Crippen MR) is 101 cm³/mol. The highest BCUT2D eigenvalue weighted by Gasteiger charge is 2.24. The Labute approximate surface area is 152 Å². The van der Waals surface area contributed by atoms with Crippen molar-refractivity contribution in [1.82, 2.24) is 10.2 Å². The summed E-state index contributed by atoms with van der Waals surface area (Å²) in [5, 5.41) is 2.88. The molecule has 0 aliphatic heterocycles. The molecule has 0 fully saturated rings. The lowest BCUT2D eigenvalue weighted by Gasteiger charge is -2.24. The largest absolute Gasteiger partial charge is 0.467 e. The highest BCUT2D eigenvalue weighted by Crippen LogP contribution is 2.10. The van der Waals surface area contributed by atoms with Gasteiger partial charge < -0.3 is 14.6 Å². The fourth-order valence-electron chi connectivity index (χ4n) is 2.50. The number of aryl methyl sites for hydroxylation is 1. The maximum Gasteiger partial charge on any atom is 0.251 e. The van der Waals surface area contributed by atoms with E-state index < -0.39 is 6.04 Å². The lowest BCUT2D eigenvalue weighted by atomic mass is 10.1. The van der Waals surface area contributed by atoms with E-state index in [1.807, 2.05) is 37.4 Å². The molecule has 5 nitrogen and oxygen atoms in total. The molecule has 0 spiro atoms. The first kappa shape index (κ1) is 19.1. The van der Waals surface area contributed by atoms with E-state index in [1.165, 1.54) is 0 Å². The zero-order valence-corrected chi connectivity index (χ0v) is 15.6. The minimum absolute atomic E-state index is 0.119. The molecule has 0 aliphatic carbocycles. The second kappa shape index (κ2) is 9.32. The summed E-state index contributed by atoms with van der Waals surface area (Å²) in [4.78, 5) is 26.9. The molecule has 6 heteroatoms. The fourth-order valence-corrected chi connectivity index (χ4v) is 2.97. The lowest BCUT2D eigenvalue weighted by molar-refractivity contribution is -0.132. The molecule has 0 aliphatic rings. The molecular weight excluding hydrogens is 336 g/mol. The highest BCUT2D eigenvalue weighted by atomic mass is 32.2. The normalized spacial score (nSPS) is 11.8. The van der Waals surface area contributed by atoms with Gasteiger partial charge in [0.05, 0.1) is 12.8 Å². The second-order valence-electron chi connectivity index (χ2n) is 5.95. The monoisotopic (exact) mass is 360 g/mol. The standard InChI is InChI=1S/C19H24N2O3S/c1-14-6-4-7-15(12-14)18(22)20-17(9-11-25-3)19(23)21(2)13-16-8-5-10-24-16/h4-8,10,12,17H,9,11,13H2,1-3H3,(H,20,22). The first-order valence-corrected chi connectivity index (χ1v) is 9.54. The van der Waals surface area contributed by atoms with E-state index in [0.29, 0.717) is 24.3 Å². The van der Waals surface area contributed by atoms with Gasteiger partial charge in [0.15, 0.2) is 0 Å². The number of rotatable bonds is 8. The maximum absolute atomic E-state index is 12.8. The number of amides is 2. The van der Waals surface area contributed by atoms with E-state index in [-0.39, 0.29) is 11.8 Å². The van der Waals surface area contributed by atoms with Crippen LogP contribution in [0, 0.1) is 6.92 Å². The van der Waals surface area contributed by atoms with Crippen molar-refractivity contribution in [1.29, 1.82) is 0 Å². The number of carbonyl (C=O) groups excluding carboxylic acids is 2. The Kier molecular flexibility index (Phi) is 7.13. The van der Waals surface area contributed by atoms with Gasteiger partial charge in [-0.15, -0.1) is 0 Å². The van der Waals surface area contributed by atoms with E-state index >= 15 is 0 Å². The van der Waals surface area contributed by atoms with E-state index in [2.05, 4.69) is 5.32 Å². The number of hydrogen-bond acceptors (Lipinski definition) is 4. The van der Waals surface area contributed by atoms with Crippen LogP contribution in [-0.2, 0) is 11.3 Å². The molecule has 2 aromatic rings. The number of benzene rings is 1. The van der Waals surface area contributed by atoms with Gasteiger partial charge in [0.25, 0.3) is 5.91 Å². The van der Waals surface area contributed by atoms with Crippen LogP contribution < -0.4 is 5.32 Å². The number of nitrogens with one attached hydrogen (secondary N) is 1. The topological polar surface area (TPSA) is 62.6 Å². The first-order valence-electron chi connectivity index (χ1n) is 8.15. The fraction of sp³-hybridized carbons (Fsp3) is 0.368. The summed E-state index contributed by atoms with van der Waals surface area (Å²) in [6.45, 7) is 2.31. The lowest BCUT2D eigenvalue weighted by Crippen LogP contribution is -2.47. The van der Waals surface area contributed by atoms with Crippen LogP contribution in [0.1, 0.15) is 28.1 Å². The Bertz CT molecular complexity index is 700. The molecule has 25 heavy (non-hydrogen) atoms. The Balaban J connectivity index is 2.06. The van der Waals surface area contributed by atoms with Crippen LogP contribution in [0.15, 0.2) is 47.1 Å². The van der Waals surface area contributed by atoms with Crippen molar-refractivity contribution in [2.75, 3.05) is 19.1 Å². The molecule has 1 heterocycles. The minimum atomic E-state index is -0.555. The van der Waals surface area contributed by atoms with E-state index in [9.17, 15) is 9.59 Å². The molecule has 134 valence electrons. The second-order valence-corrected chi connectivity index (χ2v) is 6.94. The predicted octanol–water partition coefficient (Wildman–Crippen LogP) is 3.10. The Morgan fingerprint density at radius 1 is 1.28 bits per heavy atom. The molecule has 2 amide bonds. The van der Waals surface area contributed by atoms with E-state index in [1.54, 1.807) is 42.1 Å². The Morgan fingerprint density at radius 3 is 2.72 bits per heavy atom. The van der Waals surface area contributed by atoms with Crippen molar-refractivity contribution in [2.24, 2.45) is 0 Å². The van der Waals surface area contributed by atoms with Gasteiger partial charge in [0, 0.05) is 12.6 Å². The van der Waals surface area contributed by atoms with Crippen molar-refractivity contribution in [2.45, 2.75) is 25.9 Å². The van der Waals surface area contributed by atoms with Crippen LogP contribution in [0.4, 0.5) is 0 Å². The van der Waals surface area contributed by atoms with Gasteiger partial charge in [0.1, 0.15) is 11.8 Å². The zero-order chi connectivity index (χ0) is 18.2. The van der Waals surface area contributed by atoms with Crippen LogP contribution >= 0.6 is 11.8 Å². The third-order valence-electron chi connectivity index (χ3n) is 3.84. The van der Waals surface area contributed by atoms with Gasteiger partial charge in [0.2, 0.25) is 5.91 Å². The zero-order valence-electron chi connectivity index (χ0n) is 14.8. The van der Waals surface area contributed by atoms with E-state index in [0.717, 1.165) is 11.3 Å². The summed E-state index contributed by atoms with van der Waals surface area (Å²) in [7, 11) is 1.72. The molecule has 1 aromatic heterocycles. The van der Waals surface area contributed by atoms with Gasteiger partial charge >= 0.3 is 0 Å². The maximum atomic E-state index is 12.8. The van der Waals surface area contributed by atoms with Gasteiger partial charge in [-0.3, -0.25) is 9.59 Å². The SMILES string of the molecule is CSCCC(NC(=O)c1cccc(C)c1)C(=O)N(C)Cc1ccco1. The van der Waals surface area contributed by atoms with Crippen molar-refractivity contribution < 1.29 is 14.0 Å². The summed E-state index contributed by atoms with van der Waals surface area (Å²) in [5.74, 6) is 1.16. The first-order chi connectivity index (χ1) is 12.0. The summed E-state index contributed by atoms with van der Waals surface area (Å²) in [5.41, 5.74) is 1.57. The highest BCUT2D eigenvalue weighted by molar-refractivity contribution is 7.98. The molecule has 0 radical (unpaired) electrons. The number of thioether (sulfide) groups is 1. The average Bonchev–Trinajstić information content (AvgIpc) is 3.10. The Morgan fingerprint density at radius 2 is 2.08 bits per heavy atom. The summed E-state index contributed by atoms with van der Waals surface area (Å²) < 4.78 is 5.29. The van der Waals surface area contributed by atoms with Gasteiger partial charge in [-0.05, 0) is 49.6 Å². The van der Waals surface area contributed by atoms with Crippen molar-refractivity contribution in [3.05, 3.63) is 59.5 Å². The van der Waals surface area contributed by atoms with Crippen LogP contribution in [0.25, 0.3) is 0 Å². The van der Waals surface area contributed by atoms with Crippen molar-refractivity contribution >= 4 is 23.6 Å². The van der Waals surface area contributed by atoms with E-state index in [4.69, 9.17) is 4.42 Å². The van der Waals surface area contributed by atoms with Crippen LogP contribution in [-0.4, -0.2) is 41.8 Å². The minimum Gasteiger partial charge on any atom is -0.467 e. The molecule has 0 saturated heterocycles. The van der Waals surface area contributed by atoms with Crippen LogP contribution in [0.2, 0.25) is 0 Å². The summed E-state index contributed by atoms with van der Waals surface area (Å²) in [6, 6.07) is 10.4. The van der Waals surface area contributed by atoms with Gasteiger partial charge in [-0.25, -0.2) is 0 Å². The summed E-state index contributed by atoms with van der Waals surface area (Å²) in [6.07, 6.45) is 4.15. The molecule has 2 rings (SSSR count). The smallest absolute Gasteiger partial charge is 0.251 e. The quantitative estimate of drug-likeness (QED) is 0.786. The number of carbonyl (C=O) groups is 2. The van der Waals surface area contributed by atoms with Crippen LogP contribution in [0.3, 0.4) is 0 Å². The third-order valence-corrected chi connectivity index (χ3v) is 4.49. The number of hydrogen-bond donors (Lipinski definition) is 1. The number of likely N-dealkylation sites (N-methyl/N-ethyl adjacent to an activating group) is 1. The molecule has 0 bridgehead atoms. The average molecular weight is 360 g/mol. The molecular formula is C19H24N2O3S. The molecule has 1 N–H and O–H groups in total. The van der Waals surface area contributed by atoms with Crippen molar-refractivity contribution in [3.8, 4) is 0 Å². The number of nitrogens with zero attached hydrogens (tertiary/aromatic N) is 1. The van der Waals surface area contributed by atoms with Crippen LogP contribution in [0.5, 0.6) is 0 Å². The van der Waals surface area contributed by atoms with Crippen molar-refractivity contribution in [3.63, 3.8) is 0 Å². The van der Waals surface area contributed by atoms with Gasteiger partial charge in [-0.2, -0.15) is 11.8 Å². The molecule has 1 unspecified atom stereocenters.